The molecule has 7 rings (SSSR count). The number of hydrogen-bond donors (Lipinski definition) is 2. The monoisotopic (exact) mass is 647 g/mol. The van der Waals surface area contributed by atoms with Crippen LogP contribution in [0.4, 0.5) is 17.3 Å². The molecule has 0 saturated carbocycles. The molecule has 1 saturated heterocycles. The number of pyridine rings is 1. The Morgan fingerprint density at radius 1 is 1.15 bits per heavy atom. The maximum Gasteiger partial charge on any atom is 0.219 e. The summed E-state index contributed by atoms with van der Waals surface area (Å²) in [6, 6.07) is 12.4. The van der Waals surface area contributed by atoms with E-state index in [-0.39, 0.29) is 12.1 Å². The second-order valence-electron chi connectivity index (χ2n) is 13.6. The molecule has 4 aromatic rings. The minimum Gasteiger partial charge on any atom is -0.473 e. The first-order chi connectivity index (χ1) is 23.3. The predicted molar refractivity (Wildman–Crippen MR) is 186 cm³/mol. The average molecular weight is 648 g/mol. The zero-order valence-corrected chi connectivity index (χ0v) is 28.4. The van der Waals surface area contributed by atoms with E-state index in [2.05, 4.69) is 54.7 Å². The molecular formula is C37H45N9O2. The molecular weight excluding hydrogens is 602 g/mol. The van der Waals surface area contributed by atoms with Crippen molar-refractivity contribution in [2.45, 2.75) is 95.7 Å². The molecule has 48 heavy (non-hydrogen) atoms. The summed E-state index contributed by atoms with van der Waals surface area (Å²) in [5.41, 5.74) is 18.0. The van der Waals surface area contributed by atoms with Gasteiger partial charge < -0.3 is 25.6 Å². The van der Waals surface area contributed by atoms with E-state index in [9.17, 15) is 5.26 Å². The molecule has 3 aromatic heterocycles. The van der Waals surface area contributed by atoms with Gasteiger partial charge in [-0.1, -0.05) is 17.3 Å². The van der Waals surface area contributed by atoms with Gasteiger partial charge in [0.15, 0.2) is 17.3 Å². The van der Waals surface area contributed by atoms with Crippen LogP contribution in [0.3, 0.4) is 0 Å². The van der Waals surface area contributed by atoms with Gasteiger partial charge in [0.05, 0.1) is 17.0 Å². The molecule has 0 radical (unpaired) electrons. The number of ether oxygens (including phenoxy) is 1. The number of likely N-dealkylation sites (N-methyl/N-ethyl adjacent to an activating group) is 1. The minimum atomic E-state index is -0.465. The summed E-state index contributed by atoms with van der Waals surface area (Å²) in [5.74, 6) is 2.98. The quantitative estimate of drug-likeness (QED) is 0.217. The molecule has 0 unspecified atom stereocenters. The van der Waals surface area contributed by atoms with Gasteiger partial charge in [-0.25, -0.2) is 9.97 Å². The first-order valence-corrected chi connectivity index (χ1v) is 17.3. The van der Waals surface area contributed by atoms with Gasteiger partial charge in [0.25, 0.3) is 0 Å². The summed E-state index contributed by atoms with van der Waals surface area (Å²) < 4.78 is 13.0. The molecule has 250 valence electrons. The highest BCUT2D eigenvalue weighted by atomic mass is 16.5. The average Bonchev–Trinajstić information content (AvgIpc) is 3.73. The molecule has 11 heteroatoms. The Bertz CT molecular complexity index is 1860. The van der Waals surface area contributed by atoms with E-state index in [0.717, 1.165) is 80.4 Å². The highest BCUT2D eigenvalue weighted by molar-refractivity contribution is 5.68. The van der Waals surface area contributed by atoms with Crippen LogP contribution in [0.25, 0.3) is 11.5 Å². The number of hydrogen-bond acceptors (Lipinski definition) is 11. The number of aromatic nitrogens is 4. The van der Waals surface area contributed by atoms with Crippen molar-refractivity contribution in [3.63, 3.8) is 0 Å². The number of fused-ring (bicyclic) bond motifs is 4. The zero-order valence-electron chi connectivity index (χ0n) is 28.4. The third kappa shape index (κ3) is 5.32. The molecule has 4 atom stereocenters. The molecule has 1 spiro atoms. The van der Waals surface area contributed by atoms with E-state index in [4.69, 9.17) is 35.9 Å². The van der Waals surface area contributed by atoms with Gasteiger partial charge in [-0.05, 0) is 109 Å². The maximum atomic E-state index is 10.2. The number of anilines is 3. The molecule has 2 aliphatic carbocycles. The van der Waals surface area contributed by atoms with Gasteiger partial charge in [0, 0.05) is 41.7 Å². The predicted octanol–water partition coefficient (Wildman–Crippen LogP) is 5.97. The lowest BCUT2D eigenvalue weighted by Gasteiger charge is -2.41. The van der Waals surface area contributed by atoms with Crippen molar-refractivity contribution in [3.8, 4) is 23.5 Å². The van der Waals surface area contributed by atoms with E-state index in [1.54, 1.807) is 6.20 Å². The van der Waals surface area contributed by atoms with E-state index in [1.807, 2.05) is 24.3 Å². The third-order valence-electron chi connectivity index (χ3n) is 11.0. The third-order valence-corrected chi connectivity index (χ3v) is 11.0. The Labute approximate surface area is 282 Å². The van der Waals surface area contributed by atoms with Crippen LogP contribution in [-0.2, 0) is 18.3 Å². The molecule has 4 N–H and O–H groups in total. The normalized spacial score (nSPS) is 21.7. The van der Waals surface area contributed by atoms with Crippen molar-refractivity contribution in [2.24, 2.45) is 0 Å². The number of aryl methyl sites for hydroxylation is 1. The minimum absolute atomic E-state index is 0.0716. The van der Waals surface area contributed by atoms with Crippen molar-refractivity contribution in [1.29, 1.82) is 5.26 Å². The van der Waals surface area contributed by atoms with E-state index < -0.39 is 5.41 Å². The summed E-state index contributed by atoms with van der Waals surface area (Å²) in [6.45, 7) is 8.05. The summed E-state index contributed by atoms with van der Waals surface area (Å²) >= 11 is 0. The molecule has 4 heterocycles. The highest BCUT2D eigenvalue weighted by Gasteiger charge is 2.48. The number of likely N-dealkylation sites (tertiary alicyclic amines) is 1. The number of nitrogens with zero attached hydrogens (tertiary/aromatic N) is 7. The van der Waals surface area contributed by atoms with Crippen LogP contribution in [0.1, 0.15) is 98.9 Å². The molecule has 1 aromatic carbocycles. The van der Waals surface area contributed by atoms with E-state index >= 15 is 0 Å². The lowest BCUT2D eigenvalue weighted by Crippen LogP contribution is -2.38. The number of benzene rings is 1. The Morgan fingerprint density at radius 3 is 2.69 bits per heavy atom. The lowest BCUT2D eigenvalue weighted by molar-refractivity contribution is 0.117. The van der Waals surface area contributed by atoms with E-state index in [1.165, 1.54) is 5.56 Å². The van der Waals surface area contributed by atoms with Crippen molar-refractivity contribution in [1.82, 2.24) is 25.0 Å². The number of nitrogens with two attached hydrogens (primary N) is 2. The van der Waals surface area contributed by atoms with Crippen molar-refractivity contribution < 1.29 is 9.26 Å². The van der Waals surface area contributed by atoms with Crippen LogP contribution >= 0.6 is 0 Å². The smallest absolute Gasteiger partial charge is 0.219 e. The van der Waals surface area contributed by atoms with Gasteiger partial charge in [-0.2, -0.15) is 10.2 Å². The van der Waals surface area contributed by atoms with Gasteiger partial charge in [-0.15, -0.1) is 0 Å². The number of nitriles is 1. The Kier molecular flexibility index (Phi) is 8.46. The summed E-state index contributed by atoms with van der Waals surface area (Å²) in [5, 5.41) is 14.9. The second-order valence-corrected chi connectivity index (χ2v) is 13.6. The summed E-state index contributed by atoms with van der Waals surface area (Å²) in [4.78, 5) is 19.0. The zero-order chi connectivity index (χ0) is 33.6. The molecule has 1 aliphatic heterocycles. The maximum absolute atomic E-state index is 10.2. The largest absolute Gasteiger partial charge is 0.473 e. The Balaban J connectivity index is 1.35. The summed E-state index contributed by atoms with van der Waals surface area (Å²) in [6.07, 6.45) is 9.22. The van der Waals surface area contributed by atoms with Gasteiger partial charge in [-0.3, -0.25) is 4.90 Å². The van der Waals surface area contributed by atoms with Crippen LogP contribution < -0.4 is 21.1 Å². The fraction of sp³-hybridized carbons (Fsp3) is 0.486. The highest BCUT2D eigenvalue weighted by Crippen LogP contribution is 2.53. The fourth-order valence-electron chi connectivity index (χ4n) is 8.60. The topological polar surface area (TPSA) is 156 Å². The Hall–Kier alpha value is -4.69. The van der Waals surface area contributed by atoms with Crippen LogP contribution in [-0.4, -0.2) is 57.3 Å². The van der Waals surface area contributed by atoms with E-state index in [0.29, 0.717) is 52.9 Å². The van der Waals surface area contributed by atoms with Crippen molar-refractivity contribution in [2.75, 3.05) is 36.5 Å². The molecule has 11 nitrogen and oxygen atoms in total. The first-order valence-electron chi connectivity index (χ1n) is 17.3. The molecule has 1 fully saturated rings. The molecule has 3 aliphatic rings. The van der Waals surface area contributed by atoms with Gasteiger partial charge >= 0.3 is 0 Å². The van der Waals surface area contributed by atoms with Gasteiger partial charge in [0.1, 0.15) is 23.8 Å². The Morgan fingerprint density at radius 2 is 1.96 bits per heavy atom. The van der Waals surface area contributed by atoms with Crippen molar-refractivity contribution in [3.05, 3.63) is 70.1 Å². The first kappa shape index (κ1) is 31.9. The fourth-order valence-corrected chi connectivity index (χ4v) is 8.60. The van der Waals surface area contributed by atoms with Crippen LogP contribution in [0, 0.1) is 11.3 Å². The number of nitrogen functional groups attached to an aromatic ring is 2. The van der Waals surface area contributed by atoms with Crippen LogP contribution in [0.5, 0.6) is 5.88 Å². The second kappa shape index (κ2) is 12.7. The van der Waals surface area contributed by atoms with Crippen LogP contribution in [0.2, 0.25) is 0 Å². The standard InChI is InChI=1S/C37H45N9O2/c1-5-46(22(2)25-12-8-18-41-35(25)40)30-20-31(47-23(3)29-13-9-19-45(29)4)43-36(42-30)33-26-11-7-17-37(34(26)48-44-33)16-6-10-24-14-15-28(39)27(21-38)32(24)37/h8,12,14-15,18,20,22-23,29H,5-7,9-11,13,16-17,19,39H2,1-4H3,(H2,40,41)/t22-,23+,29+,37-/m1/s1. The molecule has 0 bridgehead atoms. The number of rotatable bonds is 8. The van der Waals surface area contributed by atoms with Crippen LogP contribution in [0.15, 0.2) is 41.1 Å². The lowest BCUT2D eigenvalue weighted by atomic mass is 9.61. The van der Waals surface area contributed by atoms with Gasteiger partial charge in [0.2, 0.25) is 5.88 Å². The molecule has 0 amide bonds. The summed E-state index contributed by atoms with van der Waals surface area (Å²) in [7, 11) is 2.15. The van der Waals surface area contributed by atoms with Crippen molar-refractivity contribution >= 4 is 17.3 Å². The SMILES string of the molecule is CCN(c1cc(O[C@@H](C)[C@@H]2CCCN2C)nc(-c2noc3c2CCC[C@@]32CCCc3ccc(N)c(C#N)c32)n1)[C@H](C)c1cccnc1N.